The van der Waals surface area contributed by atoms with Crippen molar-refractivity contribution in [2.45, 2.75) is 57.3 Å². The number of amides is 1. The standard InChI is InChI=1S/C27H31F3N4O4S/c1-17-23(24(35)32-11-20-9-10-21(12-31-20)39(36,37)16-18-14-38-15-18)33-25(26(2,3)4)34(17)13-19-7-5-6-8-22(19)27(28,29)30/h5-10,12,18H,11,13-16H2,1-4H3,(H,32,35). The van der Waals surface area contributed by atoms with Crippen LogP contribution in [0.3, 0.4) is 0 Å². The highest BCUT2D eigenvalue weighted by Gasteiger charge is 2.34. The first-order chi connectivity index (χ1) is 18.2. The number of hydrogen-bond acceptors (Lipinski definition) is 6. The third-order valence-corrected chi connectivity index (χ3v) is 8.38. The van der Waals surface area contributed by atoms with Crippen molar-refractivity contribution in [2.75, 3.05) is 19.0 Å². The molecule has 0 unspecified atom stereocenters. The van der Waals surface area contributed by atoms with Crippen LogP contribution in [0.25, 0.3) is 0 Å². The van der Waals surface area contributed by atoms with Crippen molar-refractivity contribution in [1.29, 1.82) is 0 Å². The van der Waals surface area contributed by atoms with Gasteiger partial charge in [0.25, 0.3) is 5.91 Å². The van der Waals surface area contributed by atoms with Crippen molar-refractivity contribution >= 4 is 15.7 Å². The molecule has 0 saturated carbocycles. The van der Waals surface area contributed by atoms with Crippen molar-refractivity contribution < 1.29 is 31.1 Å². The number of aromatic nitrogens is 3. The summed E-state index contributed by atoms with van der Waals surface area (Å²) in [5.41, 5.74) is -0.226. The van der Waals surface area contributed by atoms with E-state index < -0.39 is 32.9 Å². The Morgan fingerprint density at radius 3 is 2.38 bits per heavy atom. The molecule has 1 fully saturated rings. The van der Waals surface area contributed by atoms with Gasteiger partial charge >= 0.3 is 6.18 Å². The summed E-state index contributed by atoms with van der Waals surface area (Å²) in [6.45, 7) is 8.05. The molecule has 1 saturated heterocycles. The highest BCUT2D eigenvalue weighted by atomic mass is 32.2. The van der Waals surface area contributed by atoms with E-state index in [2.05, 4.69) is 15.3 Å². The number of ether oxygens (including phenoxy) is 1. The lowest BCUT2D eigenvalue weighted by molar-refractivity contribution is -0.138. The number of benzene rings is 1. The van der Waals surface area contributed by atoms with Gasteiger partial charge in [0.1, 0.15) is 11.5 Å². The predicted molar refractivity (Wildman–Crippen MR) is 138 cm³/mol. The minimum absolute atomic E-state index is 0.00372. The molecular weight excluding hydrogens is 533 g/mol. The number of alkyl halides is 3. The number of rotatable bonds is 8. The predicted octanol–water partition coefficient (Wildman–Crippen LogP) is 4.30. The normalized spacial score (nSPS) is 14.7. The third kappa shape index (κ3) is 6.50. The van der Waals surface area contributed by atoms with E-state index in [9.17, 15) is 26.4 Å². The lowest BCUT2D eigenvalue weighted by Gasteiger charge is -2.25. The molecule has 1 N–H and O–H groups in total. The summed E-state index contributed by atoms with van der Waals surface area (Å²) in [7, 11) is -3.48. The van der Waals surface area contributed by atoms with Crippen LogP contribution < -0.4 is 5.32 Å². The number of halogens is 3. The van der Waals surface area contributed by atoms with Crippen molar-refractivity contribution in [3.63, 3.8) is 0 Å². The Kier molecular flexibility index (Phi) is 7.91. The number of imidazole rings is 1. The first kappa shape index (κ1) is 28.8. The Labute approximate surface area is 225 Å². The number of nitrogens with zero attached hydrogens (tertiary/aromatic N) is 3. The lowest BCUT2D eigenvalue weighted by Crippen LogP contribution is -2.33. The molecule has 0 bridgehead atoms. The van der Waals surface area contributed by atoms with Crippen LogP contribution in [0, 0.1) is 12.8 Å². The van der Waals surface area contributed by atoms with Gasteiger partial charge in [0.15, 0.2) is 9.84 Å². The van der Waals surface area contributed by atoms with Gasteiger partial charge in [-0.3, -0.25) is 9.78 Å². The second kappa shape index (κ2) is 10.7. The van der Waals surface area contributed by atoms with Gasteiger partial charge in [-0.2, -0.15) is 13.2 Å². The van der Waals surface area contributed by atoms with E-state index in [0.29, 0.717) is 30.4 Å². The van der Waals surface area contributed by atoms with Crippen molar-refractivity contribution in [3.8, 4) is 0 Å². The fourth-order valence-electron chi connectivity index (χ4n) is 4.36. The number of pyridine rings is 1. The topological polar surface area (TPSA) is 103 Å². The molecule has 0 atom stereocenters. The quantitative estimate of drug-likeness (QED) is 0.438. The van der Waals surface area contributed by atoms with E-state index in [-0.39, 0.29) is 40.9 Å². The van der Waals surface area contributed by atoms with E-state index in [1.807, 2.05) is 20.8 Å². The van der Waals surface area contributed by atoms with Gasteiger partial charge in [0.2, 0.25) is 0 Å². The second-order valence-electron chi connectivity index (χ2n) is 10.7. The molecule has 39 heavy (non-hydrogen) atoms. The number of carbonyl (C=O) groups excluding carboxylic acids is 1. The summed E-state index contributed by atoms with van der Waals surface area (Å²) in [6, 6.07) is 8.34. The summed E-state index contributed by atoms with van der Waals surface area (Å²) < 4.78 is 72.6. The van der Waals surface area contributed by atoms with Crippen molar-refractivity contribution in [1.82, 2.24) is 19.9 Å². The van der Waals surface area contributed by atoms with Gasteiger partial charge in [-0.15, -0.1) is 0 Å². The van der Waals surface area contributed by atoms with E-state index in [1.165, 1.54) is 30.5 Å². The maximum atomic E-state index is 13.6. The molecule has 2 aromatic heterocycles. The van der Waals surface area contributed by atoms with E-state index in [0.717, 1.165) is 6.07 Å². The molecule has 1 amide bonds. The Balaban J connectivity index is 1.52. The number of hydrogen-bond donors (Lipinski definition) is 1. The zero-order chi connectivity index (χ0) is 28.6. The Bertz CT molecular complexity index is 1460. The van der Waals surface area contributed by atoms with Gasteiger partial charge in [-0.05, 0) is 30.7 Å². The van der Waals surface area contributed by atoms with Crippen LogP contribution in [-0.2, 0) is 39.3 Å². The summed E-state index contributed by atoms with van der Waals surface area (Å²) in [5.74, 6) is -0.0519. The minimum atomic E-state index is -4.51. The molecular formula is C27H31F3N4O4S. The molecule has 0 spiro atoms. The first-order valence-corrected chi connectivity index (χ1v) is 14.1. The average molecular weight is 565 g/mol. The molecule has 4 rings (SSSR count). The van der Waals surface area contributed by atoms with Crippen LogP contribution in [0.4, 0.5) is 13.2 Å². The minimum Gasteiger partial charge on any atom is -0.381 e. The van der Waals surface area contributed by atoms with Gasteiger partial charge in [-0.1, -0.05) is 39.0 Å². The molecule has 12 heteroatoms. The third-order valence-electron chi connectivity index (χ3n) is 6.51. The highest BCUT2D eigenvalue weighted by molar-refractivity contribution is 7.91. The SMILES string of the molecule is Cc1c(C(=O)NCc2ccc(S(=O)(=O)CC3COC3)cn2)nc(C(C)(C)C)n1Cc1ccccc1C(F)(F)F. The Morgan fingerprint density at radius 1 is 1.13 bits per heavy atom. The maximum absolute atomic E-state index is 13.6. The van der Waals surface area contributed by atoms with Gasteiger partial charge in [0, 0.05) is 29.8 Å². The number of nitrogens with one attached hydrogen (secondary N) is 1. The molecule has 210 valence electrons. The van der Waals surface area contributed by atoms with Crippen LogP contribution >= 0.6 is 0 Å². The first-order valence-electron chi connectivity index (χ1n) is 12.4. The highest BCUT2D eigenvalue weighted by Crippen LogP contribution is 2.33. The van der Waals surface area contributed by atoms with Crippen molar-refractivity contribution in [2.24, 2.45) is 5.92 Å². The Hall–Kier alpha value is -3.25. The molecule has 3 aromatic rings. The van der Waals surface area contributed by atoms with Crippen LogP contribution in [0.1, 0.15) is 59.6 Å². The van der Waals surface area contributed by atoms with Gasteiger partial charge in [-0.25, -0.2) is 13.4 Å². The average Bonchev–Trinajstić information content (AvgIpc) is 3.16. The maximum Gasteiger partial charge on any atom is 0.416 e. The molecule has 3 heterocycles. The molecule has 0 aliphatic carbocycles. The number of sulfone groups is 1. The largest absolute Gasteiger partial charge is 0.416 e. The van der Waals surface area contributed by atoms with Gasteiger partial charge in [0.05, 0.1) is 41.7 Å². The fraction of sp³-hybridized carbons (Fsp3) is 0.444. The molecule has 1 aromatic carbocycles. The number of carbonyl (C=O) groups is 1. The van der Waals surface area contributed by atoms with Crippen molar-refractivity contribution in [3.05, 3.63) is 76.6 Å². The summed E-state index contributed by atoms with van der Waals surface area (Å²) in [6.07, 6.45) is -3.24. The van der Waals surface area contributed by atoms with E-state index in [1.54, 1.807) is 17.6 Å². The smallest absolute Gasteiger partial charge is 0.381 e. The zero-order valence-corrected chi connectivity index (χ0v) is 23.0. The second-order valence-corrected chi connectivity index (χ2v) is 12.7. The van der Waals surface area contributed by atoms with Gasteiger partial charge < -0.3 is 14.6 Å². The van der Waals surface area contributed by atoms with Crippen LogP contribution in [0.15, 0.2) is 47.5 Å². The zero-order valence-electron chi connectivity index (χ0n) is 22.2. The lowest BCUT2D eigenvalue weighted by atomic mass is 9.95. The molecule has 0 radical (unpaired) electrons. The monoisotopic (exact) mass is 564 g/mol. The summed E-state index contributed by atoms with van der Waals surface area (Å²) in [4.78, 5) is 21.9. The molecule has 8 nitrogen and oxygen atoms in total. The van der Waals surface area contributed by atoms with E-state index in [4.69, 9.17) is 4.74 Å². The fourth-order valence-corrected chi connectivity index (χ4v) is 5.86. The summed E-state index contributed by atoms with van der Waals surface area (Å²) >= 11 is 0. The van der Waals surface area contributed by atoms with Crippen LogP contribution in [0.5, 0.6) is 0 Å². The summed E-state index contributed by atoms with van der Waals surface area (Å²) in [5, 5.41) is 2.73. The van der Waals surface area contributed by atoms with Crippen LogP contribution in [0.2, 0.25) is 0 Å². The van der Waals surface area contributed by atoms with Crippen LogP contribution in [-0.4, -0.2) is 47.8 Å². The molecule has 1 aliphatic rings. The van der Waals surface area contributed by atoms with E-state index >= 15 is 0 Å². The molecule has 1 aliphatic heterocycles. The Morgan fingerprint density at radius 2 is 1.82 bits per heavy atom.